The second-order valence-corrected chi connectivity index (χ2v) is 4.92. The lowest BCUT2D eigenvalue weighted by molar-refractivity contribution is 0.0827. The van der Waals surface area contributed by atoms with Gasteiger partial charge in [-0.3, -0.25) is 4.79 Å². The van der Waals surface area contributed by atoms with Gasteiger partial charge in [0.25, 0.3) is 5.91 Å². The van der Waals surface area contributed by atoms with Crippen molar-refractivity contribution in [1.82, 2.24) is 5.32 Å². The molecule has 5 heteroatoms. The van der Waals surface area contributed by atoms with Gasteiger partial charge in [0, 0.05) is 30.4 Å². The summed E-state index contributed by atoms with van der Waals surface area (Å²) in [5.74, 6) is 0.239. The number of ether oxygens (including phenoxy) is 1. The first-order valence-corrected chi connectivity index (χ1v) is 6.66. The number of rotatable bonds is 4. The number of nitrogens with one attached hydrogen (secondary N) is 1. The van der Waals surface area contributed by atoms with Crippen molar-refractivity contribution in [3.05, 3.63) is 23.8 Å². The summed E-state index contributed by atoms with van der Waals surface area (Å²) >= 11 is 0. The first-order valence-electron chi connectivity index (χ1n) is 6.66. The van der Waals surface area contributed by atoms with Crippen LogP contribution < -0.4 is 16.8 Å². The Labute approximate surface area is 113 Å². The Morgan fingerprint density at radius 2 is 2.26 bits per heavy atom. The molecular weight excluding hydrogens is 242 g/mol. The Kier molecular flexibility index (Phi) is 4.27. The van der Waals surface area contributed by atoms with E-state index in [1.807, 2.05) is 0 Å². The summed E-state index contributed by atoms with van der Waals surface area (Å²) in [7, 11) is 0. The van der Waals surface area contributed by atoms with E-state index < -0.39 is 0 Å². The van der Waals surface area contributed by atoms with Crippen LogP contribution in [0.3, 0.4) is 0 Å². The fourth-order valence-corrected chi connectivity index (χ4v) is 2.48. The van der Waals surface area contributed by atoms with Crippen LogP contribution in [0.2, 0.25) is 0 Å². The van der Waals surface area contributed by atoms with Gasteiger partial charge in [-0.2, -0.15) is 0 Å². The molecule has 2 rings (SSSR count). The fraction of sp³-hybridized carbons (Fsp3) is 0.500. The molecule has 1 aromatic rings. The summed E-state index contributed by atoms with van der Waals surface area (Å²) in [6.45, 7) is 3.51. The maximum absolute atomic E-state index is 12.1. The average molecular weight is 263 g/mol. The van der Waals surface area contributed by atoms with Crippen molar-refractivity contribution in [3.63, 3.8) is 0 Å². The molecule has 2 atom stereocenters. The maximum Gasteiger partial charge on any atom is 0.253 e. The Balaban J connectivity index is 1.94. The smallest absolute Gasteiger partial charge is 0.253 e. The number of benzene rings is 1. The Morgan fingerprint density at radius 1 is 1.47 bits per heavy atom. The molecular formula is C14H21N3O2. The molecule has 0 radical (unpaired) electrons. The summed E-state index contributed by atoms with van der Waals surface area (Å²) in [4.78, 5) is 12.1. The number of nitrogens with two attached hydrogens (primary N) is 2. The quantitative estimate of drug-likeness (QED) is 0.716. The van der Waals surface area contributed by atoms with E-state index in [-0.39, 0.29) is 12.0 Å². The molecule has 0 spiro atoms. The van der Waals surface area contributed by atoms with Crippen molar-refractivity contribution in [3.8, 4) is 0 Å². The summed E-state index contributed by atoms with van der Waals surface area (Å²) < 4.78 is 5.60. The van der Waals surface area contributed by atoms with Crippen LogP contribution in [0, 0.1) is 5.92 Å². The van der Waals surface area contributed by atoms with E-state index in [9.17, 15) is 4.79 Å². The van der Waals surface area contributed by atoms with Gasteiger partial charge in [0.15, 0.2) is 0 Å². The standard InChI is InChI=1S/C14H21N3O2/c1-2-13-9(5-6-19-13)8-17-14(18)11-4-3-10(15)7-12(11)16/h3-4,7,9,13H,2,5-6,8,15-16H2,1H3,(H,17,18). The number of carbonyl (C=O) groups excluding carboxylic acids is 1. The van der Waals surface area contributed by atoms with Crippen LogP contribution >= 0.6 is 0 Å². The van der Waals surface area contributed by atoms with Crippen LogP contribution in [0.5, 0.6) is 0 Å². The van der Waals surface area contributed by atoms with Gasteiger partial charge >= 0.3 is 0 Å². The van der Waals surface area contributed by atoms with E-state index in [4.69, 9.17) is 16.2 Å². The molecule has 0 saturated carbocycles. The Hall–Kier alpha value is -1.75. The van der Waals surface area contributed by atoms with Crippen molar-refractivity contribution >= 4 is 17.3 Å². The van der Waals surface area contributed by atoms with Crippen LogP contribution in [-0.2, 0) is 4.74 Å². The molecule has 1 saturated heterocycles. The number of anilines is 2. The average Bonchev–Trinajstić information content (AvgIpc) is 2.83. The van der Waals surface area contributed by atoms with Gasteiger partial charge in [-0.15, -0.1) is 0 Å². The highest BCUT2D eigenvalue weighted by Crippen LogP contribution is 2.23. The molecule has 1 aromatic carbocycles. The highest BCUT2D eigenvalue weighted by atomic mass is 16.5. The number of hydrogen-bond donors (Lipinski definition) is 3. The maximum atomic E-state index is 12.1. The lowest BCUT2D eigenvalue weighted by Gasteiger charge is -2.17. The molecule has 0 aliphatic carbocycles. The first kappa shape index (κ1) is 13.7. The molecule has 5 nitrogen and oxygen atoms in total. The highest BCUT2D eigenvalue weighted by molar-refractivity contribution is 5.99. The summed E-state index contributed by atoms with van der Waals surface area (Å²) in [6, 6.07) is 4.93. The van der Waals surface area contributed by atoms with Crippen molar-refractivity contribution in [1.29, 1.82) is 0 Å². The van der Waals surface area contributed by atoms with E-state index in [1.165, 1.54) is 0 Å². The van der Waals surface area contributed by atoms with E-state index in [0.717, 1.165) is 19.4 Å². The zero-order chi connectivity index (χ0) is 13.8. The van der Waals surface area contributed by atoms with Gasteiger partial charge in [-0.05, 0) is 31.0 Å². The van der Waals surface area contributed by atoms with Crippen molar-refractivity contribution < 1.29 is 9.53 Å². The molecule has 1 fully saturated rings. The van der Waals surface area contributed by atoms with E-state index in [2.05, 4.69) is 12.2 Å². The van der Waals surface area contributed by atoms with Crippen LogP contribution in [0.25, 0.3) is 0 Å². The largest absolute Gasteiger partial charge is 0.399 e. The SMILES string of the molecule is CCC1OCCC1CNC(=O)c1ccc(N)cc1N. The molecule has 1 aliphatic rings. The minimum absolute atomic E-state index is 0.153. The van der Waals surface area contributed by atoms with Crippen LogP contribution in [0.4, 0.5) is 11.4 Å². The predicted molar refractivity (Wildman–Crippen MR) is 75.7 cm³/mol. The third kappa shape index (κ3) is 3.17. The number of amides is 1. The van der Waals surface area contributed by atoms with Gasteiger partial charge in [0.2, 0.25) is 0 Å². The molecule has 19 heavy (non-hydrogen) atoms. The van der Waals surface area contributed by atoms with Crippen molar-refractivity contribution in [2.75, 3.05) is 24.6 Å². The minimum Gasteiger partial charge on any atom is -0.399 e. The number of hydrogen-bond acceptors (Lipinski definition) is 4. The van der Waals surface area contributed by atoms with Gasteiger partial charge in [0.05, 0.1) is 11.7 Å². The van der Waals surface area contributed by atoms with Gasteiger partial charge in [0.1, 0.15) is 0 Å². The number of carbonyl (C=O) groups is 1. The second kappa shape index (κ2) is 5.93. The molecule has 5 N–H and O–H groups in total. The predicted octanol–water partition coefficient (Wildman–Crippen LogP) is 1.40. The molecule has 104 valence electrons. The third-order valence-corrected chi connectivity index (χ3v) is 3.59. The normalized spacial score (nSPS) is 22.4. The van der Waals surface area contributed by atoms with Gasteiger partial charge in [-0.1, -0.05) is 6.92 Å². The first-order chi connectivity index (χ1) is 9.11. The molecule has 1 amide bonds. The third-order valence-electron chi connectivity index (χ3n) is 3.59. The van der Waals surface area contributed by atoms with Crippen molar-refractivity contribution in [2.45, 2.75) is 25.9 Å². The summed E-state index contributed by atoms with van der Waals surface area (Å²) in [6.07, 6.45) is 2.23. The summed E-state index contributed by atoms with van der Waals surface area (Å²) in [5.41, 5.74) is 12.8. The van der Waals surface area contributed by atoms with Crippen LogP contribution in [0.1, 0.15) is 30.1 Å². The zero-order valence-corrected chi connectivity index (χ0v) is 11.2. The van der Waals surface area contributed by atoms with Gasteiger partial charge < -0.3 is 21.5 Å². The van der Waals surface area contributed by atoms with Crippen molar-refractivity contribution in [2.24, 2.45) is 5.92 Å². The molecule has 0 aromatic heterocycles. The fourth-order valence-electron chi connectivity index (χ4n) is 2.48. The Bertz CT molecular complexity index is 462. The molecule has 0 bridgehead atoms. The van der Waals surface area contributed by atoms with E-state index >= 15 is 0 Å². The second-order valence-electron chi connectivity index (χ2n) is 4.92. The zero-order valence-electron chi connectivity index (χ0n) is 11.2. The number of nitrogen functional groups attached to an aromatic ring is 2. The Morgan fingerprint density at radius 3 is 2.95 bits per heavy atom. The minimum atomic E-state index is -0.153. The lowest BCUT2D eigenvalue weighted by atomic mass is 9.99. The monoisotopic (exact) mass is 263 g/mol. The van der Waals surface area contributed by atoms with Gasteiger partial charge in [-0.25, -0.2) is 0 Å². The van der Waals surface area contributed by atoms with E-state index in [1.54, 1.807) is 18.2 Å². The van der Waals surface area contributed by atoms with Crippen LogP contribution in [-0.4, -0.2) is 25.2 Å². The van der Waals surface area contributed by atoms with Crippen LogP contribution in [0.15, 0.2) is 18.2 Å². The topological polar surface area (TPSA) is 90.4 Å². The molecule has 1 aliphatic heterocycles. The molecule has 1 heterocycles. The molecule has 2 unspecified atom stereocenters. The highest BCUT2D eigenvalue weighted by Gasteiger charge is 2.27. The summed E-state index contributed by atoms with van der Waals surface area (Å²) in [5, 5.41) is 2.93. The lowest BCUT2D eigenvalue weighted by Crippen LogP contribution is -2.33. The van der Waals surface area contributed by atoms with E-state index in [0.29, 0.717) is 29.4 Å².